The average Bonchev–Trinajstić information content (AvgIpc) is 2.71. The molecule has 0 atom stereocenters. The number of amides is 2. The molecule has 1 saturated carbocycles. The third-order valence-electron chi connectivity index (χ3n) is 5.60. The van der Waals surface area contributed by atoms with Crippen molar-refractivity contribution >= 4 is 34.8 Å². The fraction of sp³-hybridized carbons (Fsp3) is 0.167. The van der Waals surface area contributed by atoms with Gasteiger partial charge in [0.2, 0.25) is 5.91 Å². The lowest BCUT2D eigenvalue weighted by Crippen LogP contribution is -2.46. The number of hydrogen-bond acceptors (Lipinski definition) is 2. The lowest BCUT2D eigenvalue weighted by atomic mass is 9.63. The Bertz CT molecular complexity index is 1140. The van der Waals surface area contributed by atoms with Crippen molar-refractivity contribution in [1.82, 2.24) is 0 Å². The van der Waals surface area contributed by atoms with Gasteiger partial charge in [0.15, 0.2) is 11.6 Å². The summed E-state index contributed by atoms with van der Waals surface area (Å²) in [6.45, 7) is 0. The quantitative estimate of drug-likeness (QED) is 0.516. The Morgan fingerprint density at radius 2 is 1.55 bits per heavy atom. The first-order chi connectivity index (χ1) is 14.9. The van der Waals surface area contributed by atoms with E-state index in [0.29, 0.717) is 29.1 Å². The van der Waals surface area contributed by atoms with Gasteiger partial charge in [-0.3, -0.25) is 9.59 Å². The summed E-state index contributed by atoms with van der Waals surface area (Å²) >= 11 is 5.93. The molecule has 3 aromatic carbocycles. The predicted octanol–water partition coefficient (Wildman–Crippen LogP) is 5.93. The van der Waals surface area contributed by atoms with Crippen LogP contribution < -0.4 is 10.6 Å². The minimum absolute atomic E-state index is 0.209. The Labute approximate surface area is 183 Å². The molecule has 31 heavy (non-hydrogen) atoms. The van der Waals surface area contributed by atoms with E-state index in [1.54, 1.807) is 48.5 Å². The van der Waals surface area contributed by atoms with Crippen LogP contribution in [0, 0.1) is 11.6 Å². The van der Waals surface area contributed by atoms with Gasteiger partial charge >= 0.3 is 0 Å². The Morgan fingerprint density at radius 1 is 0.839 bits per heavy atom. The maximum atomic E-state index is 13.5. The van der Waals surface area contributed by atoms with Gasteiger partial charge in [-0.25, -0.2) is 8.78 Å². The molecule has 2 N–H and O–H groups in total. The first-order valence-electron chi connectivity index (χ1n) is 9.81. The largest absolute Gasteiger partial charge is 0.325 e. The zero-order chi connectivity index (χ0) is 22.0. The van der Waals surface area contributed by atoms with Crippen molar-refractivity contribution < 1.29 is 18.4 Å². The molecule has 158 valence electrons. The summed E-state index contributed by atoms with van der Waals surface area (Å²) in [6, 6.07) is 17.0. The Hall–Kier alpha value is -3.25. The van der Waals surface area contributed by atoms with Crippen LogP contribution in [0.2, 0.25) is 5.02 Å². The smallest absolute Gasteiger partial charge is 0.255 e. The fourth-order valence-corrected chi connectivity index (χ4v) is 3.90. The summed E-state index contributed by atoms with van der Waals surface area (Å²) in [5.74, 6) is -2.53. The SMILES string of the molecule is O=C(Nc1ccc(C2(C(=O)Nc3ccc(F)c(F)c3)CCC2)cc1)c1cccc(Cl)c1. The van der Waals surface area contributed by atoms with Crippen molar-refractivity contribution in [1.29, 1.82) is 0 Å². The highest BCUT2D eigenvalue weighted by Gasteiger charge is 2.45. The second-order valence-corrected chi connectivity index (χ2v) is 8.00. The number of carbonyl (C=O) groups excluding carboxylic acids is 2. The number of anilines is 2. The molecule has 0 heterocycles. The van der Waals surface area contributed by atoms with Crippen LogP contribution in [0.1, 0.15) is 35.2 Å². The summed E-state index contributed by atoms with van der Waals surface area (Å²) in [5, 5.41) is 5.98. The zero-order valence-corrected chi connectivity index (χ0v) is 17.2. The Morgan fingerprint density at radius 3 is 2.16 bits per heavy atom. The highest BCUT2D eigenvalue weighted by Crippen LogP contribution is 2.45. The van der Waals surface area contributed by atoms with E-state index < -0.39 is 17.0 Å². The molecule has 0 unspecified atom stereocenters. The lowest BCUT2D eigenvalue weighted by molar-refractivity contribution is -0.124. The maximum Gasteiger partial charge on any atom is 0.255 e. The topological polar surface area (TPSA) is 58.2 Å². The van der Waals surface area contributed by atoms with E-state index in [9.17, 15) is 18.4 Å². The number of hydrogen-bond donors (Lipinski definition) is 2. The van der Waals surface area contributed by atoms with E-state index in [1.807, 2.05) is 0 Å². The molecule has 3 aromatic rings. The molecule has 1 aliphatic carbocycles. The summed E-state index contributed by atoms with van der Waals surface area (Å²) in [6.07, 6.45) is 2.19. The van der Waals surface area contributed by atoms with Gasteiger partial charge in [0.25, 0.3) is 5.91 Å². The maximum absolute atomic E-state index is 13.5. The van der Waals surface area contributed by atoms with Gasteiger partial charge in [-0.15, -0.1) is 0 Å². The van der Waals surface area contributed by atoms with Crippen LogP contribution in [0.3, 0.4) is 0 Å². The molecule has 0 saturated heterocycles. The van der Waals surface area contributed by atoms with Gasteiger partial charge in [0.05, 0.1) is 5.41 Å². The Balaban J connectivity index is 1.49. The fourth-order valence-electron chi connectivity index (χ4n) is 3.71. The summed E-state index contributed by atoms with van der Waals surface area (Å²) in [4.78, 5) is 25.4. The van der Waals surface area contributed by atoms with Gasteiger partial charge in [0, 0.05) is 28.0 Å². The van der Waals surface area contributed by atoms with Gasteiger partial charge in [0.1, 0.15) is 0 Å². The average molecular weight is 441 g/mol. The molecule has 2 amide bonds. The molecule has 0 radical (unpaired) electrons. The van der Waals surface area contributed by atoms with E-state index in [2.05, 4.69) is 10.6 Å². The molecule has 0 spiro atoms. The third-order valence-corrected chi connectivity index (χ3v) is 5.84. The second kappa shape index (κ2) is 8.47. The molecule has 4 nitrogen and oxygen atoms in total. The summed E-state index contributed by atoms with van der Waals surface area (Å²) < 4.78 is 26.6. The van der Waals surface area contributed by atoms with Crippen LogP contribution >= 0.6 is 11.6 Å². The summed E-state index contributed by atoms with van der Waals surface area (Å²) in [7, 11) is 0. The molecule has 1 aliphatic rings. The predicted molar refractivity (Wildman–Crippen MR) is 116 cm³/mol. The van der Waals surface area contributed by atoms with Crippen LogP contribution in [0.5, 0.6) is 0 Å². The highest BCUT2D eigenvalue weighted by atomic mass is 35.5. The standard InChI is InChI=1S/C24H19ClF2N2O2/c25-17-4-1-3-15(13-17)22(30)28-18-7-5-16(6-8-18)24(11-2-12-24)23(31)29-19-9-10-20(26)21(27)14-19/h1,3-10,13-14H,2,11-12H2,(H,28,30)(H,29,31). The highest BCUT2D eigenvalue weighted by molar-refractivity contribution is 6.31. The second-order valence-electron chi connectivity index (χ2n) is 7.56. The molecule has 0 bridgehead atoms. The molecular formula is C24H19ClF2N2O2. The van der Waals surface area contributed by atoms with E-state index in [4.69, 9.17) is 11.6 Å². The van der Waals surface area contributed by atoms with Crippen LogP contribution in [-0.4, -0.2) is 11.8 Å². The van der Waals surface area contributed by atoms with E-state index in [0.717, 1.165) is 24.1 Å². The van der Waals surface area contributed by atoms with E-state index in [-0.39, 0.29) is 17.5 Å². The van der Waals surface area contributed by atoms with Crippen molar-refractivity contribution in [2.75, 3.05) is 10.6 Å². The van der Waals surface area contributed by atoms with Crippen molar-refractivity contribution in [2.45, 2.75) is 24.7 Å². The minimum atomic E-state index is -1.01. The molecular weight excluding hydrogens is 422 g/mol. The first-order valence-corrected chi connectivity index (χ1v) is 10.2. The summed E-state index contributed by atoms with van der Waals surface area (Å²) in [5.41, 5.74) is 1.31. The molecule has 7 heteroatoms. The molecule has 0 aliphatic heterocycles. The molecule has 0 aromatic heterocycles. The molecule has 4 rings (SSSR count). The first kappa shape index (κ1) is 21.0. The van der Waals surface area contributed by atoms with Gasteiger partial charge in [-0.1, -0.05) is 36.2 Å². The number of halogens is 3. The number of carbonyl (C=O) groups is 2. The van der Waals surface area contributed by atoms with Crippen molar-refractivity contribution in [3.05, 3.63) is 94.5 Å². The monoisotopic (exact) mass is 440 g/mol. The molecule has 1 fully saturated rings. The number of benzene rings is 3. The number of nitrogens with one attached hydrogen (secondary N) is 2. The van der Waals surface area contributed by atoms with Crippen molar-refractivity contribution in [3.63, 3.8) is 0 Å². The van der Waals surface area contributed by atoms with Crippen molar-refractivity contribution in [3.8, 4) is 0 Å². The minimum Gasteiger partial charge on any atom is -0.325 e. The van der Waals surface area contributed by atoms with Crippen molar-refractivity contribution in [2.24, 2.45) is 0 Å². The van der Waals surface area contributed by atoms with Crippen LogP contribution in [0.25, 0.3) is 0 Å². The van der Waals surface area contributed by atoms with E-state index in [1.165, 1.54) is 6.07 Å². The van der Waals surface area contributed by atoms with E-state index >= 15 is 0 Å². The third kappa shape index (κ3) is 4.30. The number of rotatable bonds is 5. The Kier molecular flexibility index (Phi) is 5.74. The normalized spacial score (nSPS) is 14.4. The van der Waals surface area contributed by atoms with Crippen LogP contribution in [0.4, 0.5) is 20.2 Å². The van der Waals surface area contributed by atoms with Gasteiger partial charge in [-0.2, -0.15) is 0 Å². The van der Waals surface area contributed by atoms with Crippen LogP contribution in [-0.2, 0) is 10.2 Å². The van der Waals surface area contributed by atoms with Crippen LogP contribution in [0.15, 0.2) is 66.7 Å². The van der Waals surface area contributed by atoms with Gasteiger partial charge in [-0.05, 0) is 60.9 Å². The van der Waals surface area contributed by atoms with Gasteiger partial charge < -0.3 is 10.6 Å². The lowest BCUT2D eigenvalue weighted by Gasteiger charge is -2.40. The zero-order valence-electron chi connectivity index (χ0n) is 16.4.